The van der Waals surface area contributed by atoms with Crippen molar-refractivity contribution in [3.8, 4) is 0 Å². The molecule has 5 nitrogen and oxygen atoms in total. The van der Waals surface area contributed by atoms with Crippen LogP contribution < -0.4 is 10.2 Å². The smallest absolute Gasteiger partial charge is 0.414 e. The van der Waals surface area contributed by atoms with Gasteiger partial charge in [-0.25, -0.2) is 9.18 Å². The minimum absolute atomic E-state index is 0.0847. The highest BCUT2D eigenvalue weighted by atomic mass is 19.1. The van der Waals surface area contributed by atoms with Crippen molar-refractivity contribution < 1.29 is 18.7 Å². The summed E-state index contributed by atoms with van der Waals surface area (Å²) in [6, 6.07) is 3.35. The molecule has 2 fully saturated rings. The Hall–Kier alpha value is -2.11. The third-order valence-electron chi connectivity index (χ3n) is 5.37. The van der Waals surface area contributed by atoms with Gasteiger partial charge in [-0.1, -0.05) is 32.3 Å². The Bertz CT molecular complexity index is 686. The molecule has 1 N–H and O–H groups in total. The van der Waals surface area contributed by atoms with E-state index in [-0.39, 0.29) is 24.2 Å². The summed E-state index contributed by atoms with van der Waals surface area (Å²) in [7, 11) is 0. The molecule has 0 spiro atoms. The summed E-state index contributed by atoms with van der Waals surface area (Å²) in [4.78, 5) is 25.1. The molecule has 1 aromatic rings. The topological polar surface area (TPSA) is 58.6 Å². The number of carbonyl (C=O) groups is 2. The van der Waals surface area contributed by atoms with Crippen LogP contribution >= 0.6 is 0 Å². The molecule has 1 saturated heterocycles. The number of hydrogen-bond acceptors (Lipinski definition) is 3. The lowest BCUT2D eigenvalue weighted by Crippen LogP contribution is -2.34. The maximum absolute atomic E-state index is 14.8. The van der Waals surface area contributed by atoms with E-state index in [4.69, 9.17) is 4.74 Å². The van der Waals surface area contributed by atoms with Crippen LogP contribution in [0, 0.1) is 12.7 Å². The molecule has 0 aromatic heterocycles. The molecule has 1 aromatic carbocycles. The van der Waals surface area contributed by atoms with E-state index in [0.717, 1.165) is 36.8 Å². The summed E-state index contributed by atoms with van der Waals surface area (Å²) in [5, 5.41) is 2.73. The largest absolute Gasteiger partial charge is 0.442 e. The molecule has 1 unspecified atom stereocenters. The van der Waals surface area contributed by atoms with Crippen molar-refractivity contribution in [3.05, 3.63) is 29.1 Å². The van der Waals surface area contributed by atoms with Crippen LogP contribution in [-0.2, 0) is 9.53 Å². The zero-order chi connectivity index (χ0) is 18.7. The van der Waals surface area contributed by atoms with Crippen LogP contribution in [-0.4, -0.2) is 31.2 Å². The number of carbonyl (C=O) groups excluding carboxylic acids is 2. The van der Waals surface area contributed by atoms with Crippen molar-refractivity contribution in [1.82, 2.24) is 5.32 Å². The van der Waals surface area contributed by atoms with Crippen LogP contribution in [0.4, 0.5) is 14.9 Å². The Morgan fingerprint density at radius 3 is 2.73 bits per heavy atom. The lowest BCUT2D eigenvalue weighted by molar-refractivity contribution is -0.121. The fourth-order valence-electron chi connectivity index (χ4n) is 3.89. The maximum Gasteiger partial charge on any atom is 0.414 e. The van der Waals surface area contributed by atoms with E-state index in [1.54, 1.807) is 6.92 Å². The standard InChI is InChI=1S/C20H27FN2O3/c1-3-19(24)22-11-15-12-23(20(25)26-15)18-10-17(21)16(9-13(18)2)14-7-5-4-6-8-14/h9-10,14-15H,3-8,11-12H2,1-2H3,(H,22,24). The van der Waals surface area contributed by atoms with Crippen LogP contribution in [0.5, 0.6) is 0 Å². The molecule has 3 rings (SSSR count). The number of hydrogen-bond donors (Lipinski definition) is 1. The summed E-state index contributed by atoms with van der Waals surface area (Å²) in [5.74, 6) is -0.0503. The normalized spacial score (nSPS) is 21.0. The van der Waals surface area contributed by atoms with Crippen molar-refractivity contribution in [3.63, 3.8) is 0 Å². The molecular weight excluding hydrogens is 335 g/mol. The first-order chi connectivity index (χ1) is 12.5. The average molecular weight is 362 g/mol. The molecule has 1 aliphatic heterocycles. The lowest BCUT2D eigenvalue weighted by Gasteiger charge is -2.24. The second-order valence-electron chi connectivity index (χ2n) is 7.27. The minimum Gasteiger partial charge on any atom is -0.442 e. The quantitative estimate of drug-likeness (QED) is 0.860. The van der Waals surface area contributed by atoms with Crippen molar-refractivity contribution in [2.24, 2.45) is 0 Å². The SMILES string of the molecule is CCC(=O)NCC1CN(c2cc(F)c(C3CCCCC3)cc2C)C(=O)O1. The predicted octanol–water partition coefficient (Wildman–Crippen LogP) is 4.03. The molecule has 1 heterocycles. The number of rotatable bonds is 5. The zero-order valence-corrected chi connectivity index (χ0v) is 15.5. The molecule has 2 aliphatic rings. The summed E-state index contributed by atoms with van der Waals surface area (Å²) in [6.45, 7) is 4.26. The van der Waals surface area contributed by atoms with Crippen LogP contribution in [0.25, 0.3) is 0 Å². The molecule has 1 saturated carbocycles. The number of benzene rings is 1. The predicted molar refractivity (Wildman–Crippen MR) is 97.9 cm³/mol. The highest BCUT2D eigenvalue weighted by Gasteiger charge is 2.34. The van der Waals surface area contributed by atoms with Gasteiger partial charge in [-0.05, 0) is 42.9 Å². The first kappa shape index (κ1) is 18.7. The molecule has 1 aliphatic carbocycles. The molecular formula is C20H27FN2O3. The molecule has 0 bridgehead atoms. The third-order valence-corrected chi connectivity index (χ3v) is 5.37. The summed E-state index contributed by atoms with van der Waals surface area (Å²) in [5.41, 5.74) is 2.20. The van der Waals surface area contributed by atoms with Crippen LogP contribution in [0.3, 0.4) is 0 Å². The van der Waals surface area contributed by atoms with Gasteiger partial charge in [-0.2, -0.15) is 0 Å². The fraction of sp³-hybridized carbons (Fsp3) is 0.600. The summed E-state index contributed by atoms with van der Waals surface area (Å²) >= 11 is 0. The number of halogens is 1. The van der Waals surface area contributed by atoms with Crippen LogP contribution in [0.2, 0.25) is 0 Å². The molecule has 142 valence electrons. The van der Waals surface area contributed by atoms with E-state index >= 15 is 0 Å². The monoisotopic (exact) mass is 362 g/mol. The maximum atomic E-state index is 14.8. The highest BCUT2D eigenvalue weighted by Crippen LogP contribution is 2.37. The van der Waals surface area contributed by atoms with Gasteiger partial charge in [0.05, 0.1) is 18.8 Å². The number of nitrogens with one attached hydrogen (secondary N) is 1. The Balaban J connectivity index is 1.73. The Labute approximate surface area is 153 Å². The van der Waals surface area contributed by atoms with Gasteiger partial charge in [-0.15, -0.1) is 0 Å². The Morgan fingerprint density at radius 2 is 2.04 bits per heavy atom. The van der Waals surface area contributed by atoms with Gasteiger partial charge in [0.1, 0.15) is 11.9 Å². The van der Waals surface area contributed by atoms with Gasteiger partial charge in [0, 0.05) is 6.42 Å². The molecule has 1 atom stereocenters. The Morgan fingerprint density at radius 1 is 1.31 bits per heavy atom. The highest BCUT2D eigenvalue weighted by molar-refractivity contribution is 5.90. The molecule has 0 radical (unpaired) electrons. The number of amides is 2. The third kappa shape index (κ3) is 4.00. The van der Waals surface area contributed by atoms with Gasteiger partial charge in [0.2, 0.25) is 5.91 Å². The number of aryl methyl sites for hydroxylation is 1. The van der Waals surface area contributed by atoms with Crippen LogP contribution in [0.15, 0.2) is 12.1 Å². The van der Waals surface area contributed by atoms with Gasteiger partial charge in [-0.3, -0.25) is 9.69 Å². The van der Waals surface area contributed by atoms with E-state index < -0.39 is 12.2 Å². The molecule has 6 heteroatoms. The average Bonchev–Trinajstić information content (AvgIpc) is 3.02. The van der Waals surface area contributed by atoms with Gasteiger partial charge in [0.15, 0.2) is 0 Å². The lowest BCUT2D eigenvalue weighted by atomic mass is 9.83. The number of anilines is 1. The first-order valence-electron chi connectivity index (χ1n) is 9.54. The number of ether oxygens (including phenoxy) is 1. The van der Waals surface area contributed by atoms with Gasteiger partial charge < -0.3 is 10.1 Å². The van der Waals surface area contributed by atoms with Crippen molar-refractivity contribution >= 4 is 17.7 Å². The van der Waals surface area contributed by atoms with Gasteiger partial charge in [0.25, 0.3) is 0 Å². The molecule has 26 heavy (non-hydrogen) atoms. The van der Waals surface area contributed by atoms with E-state index in [1.807, 2.05) is 13.0 Å². The van der Waals surface area contributed by atoms with Crippen LogP contribution in [0.1, 0.15) is 62.5 Å². The summed E-state index contributed by atoms with van der Waals surface area (Å²) in [6.07, 6.45) is 5.05. The fourth-order valence-corrected chi connectivity index (χ4v) is 3.89. The van der Waals surface area contributed by atoms with E-state index in [2.05, 4.69) is 5.32 Å². The van der Waals surface area contributed by atoms with Crippen molar-refractivity contribution in [2.45, 2.75) is 64.4 Å². The van der Waals surface area contributed by atoms with E-state index in [0.29, 0.717) is 18.7 Å². The number of cyclic esters (lactones) is 1. The second kappa shape index (κ2) is 8.06. The molecule has 2 amide bonds. The number of nitrogens with zero attached hydrogens (tertiary/aromatic N) is 1. The minimum atomic E-state index is -0.492. The van der Waals surface area contributed by atoms with E-state index in [9.17, 15) is 14.0 Å². The second-order valence-corrected chi connectivity index (χ2v) is 7.27. The van der Waals surface area contributed by atoms with Crippen molar-refractivity contribution in [1.29, 1.82) is 0 Å². The van der Waals surface area contributed by atoms with Crippen molar-refractivity contribution in [2.75, 3.05) is 18.0 Å². The summed E-state index contributed by atoms with van der Waals surface area (Å²) < 4.78 is 20.1. The Kier molecular flexibility index (Phi) is 5.79. The van der Waals surface area contributed by atoms with E-state index in [1.165, 1.54) is 17.4 Å². The zero-order valence-electron chi connectivity index (χ0n) is 15.5. The van der Waals surface area contributed by atoms with Gasteiger partial charge >= 0.3 is 6.09 Å². The first-order valence-corrected chi connectivity index (χ1v) is 9.54.